The van der Waals surface area contributed by atoms with Crippen LogP contribution in [0.25, 0.3) is 0 Å². The van der Waals surface area contributed by atoms with Gasteiger partial charge in [-0.05, 0) is 38.5 Å². The van der Waals surface area contributed by atoms with Crippen LogP contribution in [-0.4, -0.2) is 32.0 Å². The molecule has 0 amide bonds. The van der Waals surface area contributed by atoms with Crippen molar-refractivity contribution in [3.8, 4) is 0 Å². The van der Waals surface area contributed by atoms with Gasteiger partial charge in [0.05, 0.1) is 5.69 Å². The van der Waals surface area contributed by atoms with Crippen molar-refractivity contribution in [1.82, 2.24) is 19.7 Å². The number of thioether (sulfide) groups is 1. The van der Waals surface area contributed by atoms with E-state index in [-0.39, 0.29) is 23.1 Å². The van der Waals surface area contributed by atoms with Gasteiger partial charge in [0.2, 0.25) is 0 Å². The summed E-state index contributed by atoms with van der Waals surface area (Å²) in [7, 11) is 0. The number of nitrogens with one attached hydrogen (secondary N) is 1. The van der Waals surface area contributed by atoms with Crippen LogP contribution in [0.4, 0.5) is 19.0 Å². The molecular weight excluding hydrogens is 351 g/mol. The summed E-state index contributed by atoms with van der Waals surface area (Å²) in [6.07, 6.45) is 1.59. The lowest BCUT2D eigenvalue weighted by Gasteiger charge is -2.23. The minimum absolute atomic E-state index is 0.00806. The first-order valence-electron chi connectivity index (χ1n) is 8.10. The number of alkyl halides is 3. The lowest BCUT2D eigenvalue weighted by atomic mass is 9.94. The second kappa shape index (κ2) is 6.86. The minimum atomic E-state index is -4.49. The largest absolute Gasteiger partial charge is 0.433 e. The first kappa shape index (κ1) is 18.0. The van der Waals surface area contributed by atoms with Crippen molar-refractivity contribution in [2.24, 2.45) is 0 Å². The van der Waals surface area contributed by atoms with Gasteiger partial charge in [-0.25, -0.2) is 9.97 Å². The Morgan fingerprint density at radius 2 is 2.08 bits per heavy atom. The number of aromatic nitrogens is 4. The van der Waals surface area contributed by atoms with Crippen molar-refractivity contribution >= 4 is 17.6 Å². The Bertz CT molecular complexity index is 757. The predicted molar refractivity (Wildman–Crippen MR) is 90.9 cm³/mol. The van der Waals surface area contributed by atoms with Crippen LogP contribution in [0.5, 0.6) is 0 Å². The van der Waals surface area contributed by atoms with Gasteiger partial charge in [0.15, 0.2) is 10.9 Å². The van der Waals surface area contributed by atoms with E-state index in [4.69, 9.17) is 0 Å². The Morgan fingerprint density at radius 3 is 2.72 bits per heavy atom. The maximum Gasteiger partial charge on any atom is 0.433 e. The molecule has 2 aromatic heterocycles. The zero-order chi connectivity index (χ0) is 18.2. The van der Waals surface area contributed by atoms with Gasteiger partial charge < -0.3 is 5.32 Å². The molecule has 1 unspecified atom stereocenters. The summed E-state index contributed by atoms with van der Waals surface area (Å²) in [5.41, 5.74) is 1.30. The Balaban J connectivity index is 1.78. The molecule has 0 fully saturated rings. The average molecular weight is 371 g/mol. The molecule has 3 rings (SSSR count). The van der Waals surface area contributed by atoms with Crippen molar-refractivity contribution in [3.63, 3.8) is 0 Å². The highest BCUT2D eigenvalue weighted by molar-refractivity contribution is 7.98. The van der Waals surface area contributed by atoms with E-state index in [2.05, 4.69) is 40.4 Å². The van der Waals surface area contributed by atoms with Gasteiger partial charge in [-0.2, -0.15) is 18.3 Å². The Labute approximate surface area is 148 Å². The summed E-state index contributed by atoms with van der Waals surface area (Å²) < 4.78 is 40.9. The van der Waals surface area contributed by atoms with Crippen LogP contribution < -0.4 is 5.32 Å². The number of anilines is 1. The first-order valence-corrected chi connectivity index (χ1v) is 9.32. The van der Waals surface area contributed by atoms with Crippen molar-refractivity contribution in [1.29, 1.82) is 0 Å². The first-order chi connectivity index (χ1) is 11.8. The molecular formula is C16H20F3N5S. The van der Waals surface area contributed by atoms with Gasteiger partial charge in [-0.3, -0.25) is 4.68 Å². The fraction of sp³-hybridized carbons (Fsp3) is 0.562. The number of aryl methyl sites for hydroxylation is 1. The fourth-order valence-electron chi connectivity index (χ4n) is 2.85. The maximum absolute atomic E-state index is 13.0. The molecule has 1 aliphatic rings. The van der Waals surface area contributed by atoms with Gasteiger partial charge in [0, 0.05) is 30.8 Å². The lowest BCUT2D eigenvalue weighted by molar-refractivity contribution is -0.141. The molecule has 9 heteroatoms. The molecule has 1 aliphatic carbocycles. The fourth-order valence-corrected chi connectivity index (χ4v) is 3.22. The third-order valence-corrected chi connectivity index (χ3v) is 4.70. The normalized spacial score (nSPS) is 17.6. The van der Waals surface area contributed by atoms with Gasteiger partial charge in [0.1, 0.15) is 5.82 Å². The summed E-state index contributed by atoms with van der Waals surface area (Å²) >= 11 is 1.09. The van der Waals surface area contributed by atoms with Crippen molar-refractivity contribution in [3.05, 3.63) is 29.2 Å². The summed E-state index contributed by atoms with van der Waals surface area (Å²) in [6, 6.07) is 1.27. The molecule has 0 radical (unpaired) electrons. The predicted octanol–water partition coefficient (Wildman–Crippen LogP) is 3.96. The minimum Gasteiger partial charge on any atom is -0.367 e. The molecule has 136 valence electrons. The van der Waals surface area contributed by atoms with Crippen LogP contribution in [0.1, 0.15) is 43.3 Å². The highest BCUT2D eigenvalue weighted by Gasteiger charge is 2.34. The molecule has 2 heterocycles. The number of hydrogen-bond acceptors (Lipinski definition) is 5. The summed E-state index contributed by atoms with van der Waals surface area (Å²) in [5.74, 6) is 0.211. The van der Waals surface area contributed by atoms with E-state index >= 15 is 0 Å². The number of halogens is 3. The molecule has 1 atom stereocenters. The number of hydrogen-bond donors (Lipinski definition) is 1. The van der Waals surface area contributed by atoms with E-state index in [0.29, 0.717) is 6.42 Å². The molecule has 25 heavy (non-hydrogen) atoms. The standard InChI is InChI=1S/C16H20F3N5S/c1-9(2)24-8-10-4-5-11(6-12(10)23-24)20-14-7-13(16(17,18)19)21-15(22-14)25-3/h7-9,11H,4-6H2,1-3H3,(H,20,21,22). The molecule has 0 spiro atoms. The van der Waals surface area contributed by atoms with E-state index < -0.39 is 11.9 Å². The molecule has 0 bridgehead atoms. The van der Waals surface area contributed by atoms with Crippen molar-refractivity contribution < 1.29 is 13.2 Å². The number of rotatable bonds is 4. The van der Waals surface area contributed by atoms with Crippen molar-refractivity contribution in [2.75, 3.05) is 11.6 Å². The van der Waals surface area contributed by atoms with Gasteiger partial charge in [-0.15, -0.1) is 0 Å². The monoisotopic (exact) mass is 371 g/mol. The number of nitrogens with zero attached hydrogens (tertiary/aromatic N) is 4. The third-order valence-electron chi connectivity index (χ3n) is 4.16. The van der Waals surface area contributed by atoms with E-state index in [1.165, 1.54) is 5.56 Å². The second-order valence-corrected chi connectivity index (χ2v) is 7.16. The van der Waals surface area contributed by atoms with E-state index in [0.717, 1.165) is 36.4 Å². The third kappa shape index (κ3) is 4.08. The molecule has 5 nitrogen and oxygen atoms in total. The molecule has 0 aliphatic heterocycles. The topological polar surface area (TPSA) is 55.6 Å². The summed E-state index contributed by atoms with van der Waals surface area (Å²) in [5, 5.41) is 7.84. The molecule has 0 saturated heterocycles. The highest BCUT2D eigenvalue weighted by Crippen LogP contribution is 2.31. The van der Waals surface area contributed by atoms with E-state index in [1.807, 2.05) is 4.68 Å². The lowest BCUT2D eigenvalue weighted by Crippen LogP contribution is -2.28. The van der Waals surface area contributed by atoms with E-state index in [9.17, 15) is 13.2 Å². The smallest absolute Gasteiger partial charge is 0.367 e. The Morgan fingerprint density at radius 1 is 1.32 bits per heavy atom. The molecule has 1 N–H and O–H groups in total. The van der Waals surface area contributed by atoms with Crippen LogP contribution in [-0.2, 0) is 19.0 Å². The van der Waals surface area contributed by atoms with E-state index in [1.54, 1.807) is 6.26 Å². The zero-order valence-electron chi connectivity index (χ0n) is 14.3. The average Bonchev–Trinajstić information content (AvgIpc) is 2.97. The van der Waals surface area contributed by atoms with Gasteiger partial charge in [-0.1, -0.05) is 11.8 Å². The van der Waals surface area contributed by atoms with Crippen LogP contribution in [0.2, 0.25) is 0 Å². The van der Waals surface area contributed by atoms with Crippen LogP contribution in [0, 0.1) is 0 Å². The SMILES string of the molecule is CSc1nc(NC2CCc3cn(C(C)C)nc3C2)cc(C(F)(F)F)n1. The molecule has 2 aromatic rings. The Hall–Kier alpha value is -1.77. The summed E-state index contributed by atoms with van der Waals surface area (Å²) in [4.78, 5) is 7.71. The summed E-state index contributed by atoms with van der Waals surface area (Å²) in [6.45, 7) is 4.13. The van der Waals surface area contributed by atoms with Crippen molar-refractivity contribution in [2.45, 2.75) is 56.5 Å². The van der Waals surface area contributed by atoms with Gasteiger partial charge >= 0.3 is 6.18 Å². The molecule has 0 aromatic carbocycles. The number of fused-ring (bicyclic) bond motifs is 1. The van der Waals surface area contributed by atoms with Crippen LogP contribution in [0.3, 0.4) is 0 Å². The Kier molecular flexibility index (Phi) is 4.95. The van der Waals surface area contributed by atoms with Gasteiger partial charge in [0.25, 0.3) is 0 Å². The molecule has 0 saturated carbocycles. The highest BCUT2D eigenvalue weighted by atomic mass is 32.2. The maximum atomic E-state index is 13.0. The second-order valence-electron chi connectivity index (χ2n) is 6.38. The van der Waals surface area contributed by atoms with Crippen LogP contribution >= 0.6 is 11.8 Å². The van der Waals surface area contributed by atoms with Crippen LogP contribution in [0.15, 0.2) is 17.4 Å². The zero-order valence-corrected chi connectivity index (χ0v) is 15.1. The quantitative estimate of drug-likeness (QED) is 0.651.